The molecule has 2 saturated heterocycles. The number of carbonyl (C=O) groups is 2. The van der Waals surface area contributed by atoms with Gasteiger partial charge in [0.15, 0.2) is 4.34 Å². The van der Waals surface area contributed by atoms with E-state index < -0.39 is 0 Å². The summed E-state index contributed by atoms with van der Waals surface area (Å²) in [5, 5.41) is 12.2. The maximum Gasteiger partial charge on any atom is 0.233 e. The van der Waals surface area contributed by atoms with Gasteiger partial charge in [-0.1, -0.05) is 23.1 Å². The zero-order valence-electron chi connectivity index (χ0n) is 14.3. The van der Waals surface area contributed by atoms with Crippen LogP contribution in [0.2, 0.25) is 0 Å². The molecule has 0 spiro atoms. The second-order valence-corrected chi connectivity index (χ2v) is 8.26. The first-order valence-electron chi connectivity index (χ1n) is 8.47. The van der Waals surface area contributed by atoms with Crippen LogP contribution in [-0.2, 0) is 14.3 Å². The van der Waals surface area contributed by atoms with Crippen LogP contribution < -0.4 is 5.32 Å². The number of rotatable bonds is 6. The van der Waals surface area contributed by atoms with Gasteiger partial charge in [-0.25, -0.2) is 0 Å². The Morgan fingerprint density at radius 2 is 2.04 bits per heavy atom. The number of aromatic nitrogens is 2. The summed E-state index contributed by atoms with van der Waals surface area (Å²) in [6.45, 7) is 5.58. The summed E-state index contributed by atoms with van der Waals surface area (Å²) >= 11 is 2.87. The maximum absolute atomic E-state index is 12.3. The van der Waals surface area contributed by atoms with E-state index in [4.69, 9.17) is 4.74 Å². The molecule has 0 saturated carbocycles. The van der Waals surface area contributed by atoms with E-state index in [1.807, 2.05) is 4.90 Å². The van der Waals surface area contributed by atoms with Crippen molar-refractivity contribution in [2.24, 2.45) is 0 Å². The molecule has 0 bridgehead atoms. The molecule has 8 nitrogen and oxygen atoms in total. The van der Waals surface area contributed by atoms with Crippen LogP contribution in [0.4, 0.5) is 5.13 Å². The van der Waals surface area contributed by atoms with Crippen LogP contribution in [-0.4, -0.2) is 83.0 Å². The SMILES string of the molecule is CC(=O)N1CCN(C(=O)CSc2nnc(NCC3CCCO3)s2)CC1. The average Bonchev–Trinajstić information content (AvgIpc) is 3.29. The van der Waals surface area contributed by atoms with Crippen LogP contribution >= 0.6 is 23.1 Å². The van der Waals surface area contributed by atoms with Gasteiger partial charge in [-0.3, -0.25) is 9.59 Å². The van der Waals surface area contributed by atoms with Gasteiger partial charge in [0.25, 0.3) is 0 Å². The first-order valence-corrected chi connectivity index (χ1v) is 10.3. The summed E-state index contributed by atoms with van der Waals surface area (Å²) in [6, 6.07) is 0. The number of anilines is 1. The van der Waals surface area contributed by atoms with Gasteiger partial charge >= 0.3 is 0 Å². The van der Waals surface area contributed by atoms with Crippen LogP contribution in [0.5, 0.6) is 0 Å². The number of nitrogens with zero attached hydrogens (tertiary/aromatic N) is 4. The molecule has 2 aliphatic rings. The highest BCUT2D eigenvalue weighted by Crippen LogP contribution is 2.26. The number of thioether (sulfide) groups is 1. The quantitative estimate of drug-likeness (QED) is 0.728. The summed E-state index contributed by atoms with van der Waals surface area (Å²) in [5.41, 5.74) is 0. The second kappa shape index (κ2) is 8.81. The third-order valence-corrected chi connectivity index (χ3v) is 6.31. The minimum Gasteiger partial charge on any atom is -0.376 e. The van der Waals surface area contributed by atoms with E-state index in [9.17, 15) is 9.59 Å². The monoisotopic (exact) mass is 385 g/mol. The van der Waals surface area contributed by atoms with Gasteiger partial charge in [0.1, 0.15) is 0 Å². The molecule has 2 fully saturated rings. The molecule has 0 radical (unpaired) electrons. The number of piperazine rings is 1. The molecule has 2 amide bonds. The standard InChI is InChI=1S/C15H23N5O3S2/c1-11(21)19-4-6-20(7-5-19)13(22)10-24-15-18-17-14(25-15)16-9-12-3-2-8-23-12/h12H,2-10H2,1H3,(H,16,17). The highest BCUT2D eigenvalue weighted by Gasteiger charge is 2.22. The molecule has 0 aliphatic carbocycles. The molecule has 1 N–H and O–H groups in total. The summed E-state index contributed by atoms with van der Waals surface area (Å²) < 4.78 is 6.35. The Morgan fingerprint density at radius 3 is 2.72 bits per heavy atom. The summed E-state index contributed by atoms with van der Waals surface area (Å²) in [6.07, 6.45) is 2.46. The van der Waals surface area contributed by atoms with Crippen LogP contribution in [0.15, 0.2) is 4.34 Å². The summed E-state index contributed by atoms with van der Waals surface area (Å²) in [4.78, 5) is 27.2. The molecule has 10 heteroatoms. The van der Waals surface area contributed by atoms with Crippen molar-refractivity contribution in [1.82, 2.24) is 20.0 Å². The number of amides is 2. The van der Waals surface area contributed by atoms with Crippen molar-refractivity contribution < 1.29 is 14.3 Å². The Balaban J connectivity index is 1.38. The minimum atomic E-state index is 0.0679. The topological polar surface area (TPSA) is 87.7 Å². The lowest BCUT2D eigenvalue weighted by atomic mass is 10.2. The number of nitrogens with one attached hydrogen (secondary N) is 1. The Bertz CT molecular complexity index is 598. The lowest BCUT2D eigenvalue weighted by Crippen LogP contribution is -2.50. The molecule has 138 valence electrons. The maximum atomic E-state index is 12.3. The molecular weight excluding hydrogens is 362 g/mol. The van der Waals surface area contributed by atoms with E-state index in [0.29, 0.717) is 31.9 Å². The van der Waals surface area contributed by atoms with Crippen molar-refractivity contribution >= 4 is 40.0 Å². The van der Waals surface area contributed by atoms with Gasteiger partial charge in [0, 0.05) is 46.3 Å². The van der Waals surface area contributed by atoms with Crippen molar-refractivity contribution in [3.63, 3.8) is 0 Å². The lowest BCUT2D eigenvalue weighted by Gasteiger charge is -2.34. The normalized spacial score (nSPS) is 20.8. The fourth-order valence-corrected chi connectivity index (χ4v) is 4.49. The number of hydrogen-bond donors (Lipinski definition) is 1. The van der Waals surface area contributed by atoms with E-state index in [1.54, 1.807) is 11.8 Å². The van der Waals surface area contributed by atoms with Crippen molar-refractivity contribution in [2.75, 3.05) is 50.4 Å². The summed E-state index contributed by atoms with van der Waals surface area (Å²) in [5.74, 6) is 0.496. The zero-order valence-corrected chi connectivity index (χ0v) is 15.9. The fraction of sp³-hybridized carbons (Fsp3) is 0.733. The Morgan fingerprint density at radius 1 is 1.28 bits per heavy atom. The lowest BCUT2D eigenvalue weighted by molar-refractivity contribution is -0.136. The van der Waals surface area contributed by atoms with E-state index >= 15 is 0 Å². The molecular formula is C15H23N5O3S2. The molecule has 3 heterocycles. The van der Waals surface area contributed by atoms with Crippen LogP contribution in [0.3, 0.4) is 0 Å². The Labute approximate surface area is 155 Å². The van der Waals surface area contributed by atoms with Crippen LogP contribution in [0.1, 0.15) is 19.8 Å². The number of ether oxygens (including phenoxy) is 1. The van der Waals surface area contributed by atoms with Crippen molar-refractivity contribution in [2.45, 2.75) is 30.2 Å². The smallest absolute Gasteiger partial charge is 0.233 e. The highest BCUT2D eigenvalue weighted by molar-refractivity contribution is 8.01. The molecule has 0 aromatic carbocycles. The molecule has 2 aliphatic heterocycles. The van der Waals surface area contributed by atoms with Crippen LogP contribution in [0, 0.1) is 0 Å². The molecule has 1 unspecified atom stereocenters. The highest BCUT2D eigenvalue weighted by atomic mass is 32.2. The van der Waals surface area contributed by atoms with Gasteiger partial charge in [-0.15, -0.1) is 10.2 Å². The average molecular weight is 386 g/mol. The van der Waals surface area contributed by atoms with E-state index in [2.05, 4.69) is 15.5 Å². The third kappa shape index (κ3) is 5.29. The minimum absolute atomic E-state index is 0.0679. The Hall–Kier alpha value is -1.39. The molecule has 3 rings (SSSR count). The number of hydrogen-bond acceptors (Lipinski definition) is 8. The van der Waals surface area contributed by atoms with Gasteiger partial charge in [0.05, 0.1) is 11.9 Å². The molecule has 25 heavy (non-hydrogen) atoms. The molecule has 1 aromatic heterocycles. The van der Waals surface area contributed by atoms with Crippen molar-refractivity contribution in [3.05, 3.63) is 0 Å². The predicted octanol–water partition coefficient (Wildman–Crippen LogP) is 0.912. The largest absolute Gasteiger partial charge is 0.376 e. The van der Waals surface area contributed by atoms with E-state index in [1.165, 1.54) is 23.1 Å². The van der Waals surface area contributed by atoms with Crippen molar-refractivity contribution in [3.8, 4) is 0 Å². The third-order valence-electron chi connectivity index (χ3n) is 4.31. The van der Waals surface area contributed by atoms with Gasteiger partial charge in [0.2, 0.25) is 16.9 Å². The molecule has 1 atom stereocenters. The van der Waals surface area contributed by atoms with E-state index in [0.717, 1.165) is 35.5 Å². The fourth-order valence-electron chi connectivity index (χ4n) is 2.83. The van der Waals surface area contributed by atoms with Crippen LogP contribution in [0.25, 0.3) is 0 Å². The second-order valence-electron chi connectivity index (χ2n) is 6.06. The zero-order chi connectivity index (χ0) is 17.6. The Kier molecular flexibility index (Phi) is 6.49. The summed E-state index contributed by atoms with van der Waals surface area (Å²) in [7, 11) is 0. The van der Waals surface area contributed by atoms with Gasteiger partial charge < -0.3 is 19.9 Å². The van der Waals surface area contributed by atoms with E-state index in [-0.39, 0.29) is 17.9 Å². The molecule has 1 aromatic rings. The van der Waals surface area contributed by atoms with Gasteiger partial charge in [-0.2, -0.15) is 0 Å². The van der Waals surface area contributed by atoms with Gasteiger partial charge in [-0.05, 0) is 12.8 Å². The number of carbonyl (C=O) groups excluding carboxylic acids is 2. The first kappa shape index (κ1) is 18.4. The van der Waals surface area contributed by atoms with Crippen molar-refractivity contribution in [1.29, 1.82) is 0 Å². The first-order chi connectivity index (χ1) is 12.1. The predicted molar refractivity (Wildman–Crippen MR) is 96.9 cm³/mol.